The lowest BCUT2D eigenvalue weighted by atomic mass is 10.2. The minimum absolute atomic E-state index is 0.140. The lowest BCUT2D eigenvalue weighted by Gasteiger charge is -2.08. The second-order valence-corrected chi connectivity index (χ2v) is 7.57. The van der Waals surface area contributed by atoms with Crippen molar-refractivity contribution in [2.75, 3.05) is 6.54 Å². The number of halogens is 2. The van der Waals surface area contributed by atoms with Crippen LogP contribution in [0, 0.1) is 4.91 Å². The maximum absolute atomic E-state index is 12.4. The highest BCUT2D eigenvalue weighted by Gasteiger charge is 2.12. The van der Waals surface area contributed by atoms with E-state index in [1.807, 2.05) is 0 Å². The normalized spacial score (nSPS) is 10.5. The second-order valence-electron chi connectivity index (χ2n) is 6.69. The van der Waals surface area contributed by atoms with Crippen LogP contribution in [-0.4, -0.2) is 30.5 Å². The Morgan fingerprint density at radius 1 is 0.882 bits per heavy atom. The summed E-state index contributed by atoms with van der Waals surface area (Å²) in [6, 6.07) is 16.2. The molecule has 0 heterocycles. The van der Waals surface area contributed by atoms with E-state index in [0.717, 1.165) is 0 Å². The standard InChI is InChI=1S/C23H16Cl2N4O5/c24-17-5-1-14(2-6-17)22(31)26-13-21(30)28-27-12-16-11-18(25)7-10-20(16)34-23(32)15-3-8-19(29-33)9-4-15/h1-12H,13H2,(H,26,31)(H,28,30)/b27-12+. The summed E-state index contributed by atoms with van der Waals surface area (Å²) in [4.78, 5) is 46.9. The number of nitrogens with one attached hydrogen (secondary N) is 2. The molecule has 11 heteroatoms. The van der Waals surface area contributed by atoms with Crippen LogP contribution in [-0.2, 0) is 4.79 Å². The van der Waals surface area contributed by atoms with E-state index in [0.29, 0.717) is 21.2 Å². The monoisotopic (exact) mass is 498 g/mol. The van der Waals surface area contributed by atoms with Gasteiger partial charge < -0.3 is 10.1 Å². The van der Waals surface area contributed by atoms with Crippen LogP contribution in [0.2, 0.25) is 10.0 Å². The van der Waals surface area contributed by atoms with Gasteiger partial charge in [-0.1, -0.05) is 23.2 Å². The van der Waals surface area contributed by atoms with Crippen LogP contribution in [0.15, 0.2) is 77.0 Å². The Morgan fingerprint density at radius 2 is 1.53 bits per heavy atom. The fourth-order valence-electron chi connectivity index (χ4n) is 2.61. The molecule has 0 bridgehead atoms. The van der Waals surface area contributed by atoms with E-state index in [2.05, 4.69) is 21.0 Å². The van der Waals surface area contributed by atoms with Gasteiger partial charge >= 0.3 is 5.97 Å². The Bertz CT molecular complexity index is 1250. The summed E-state index contributed by atoms with van der Waals surface area (Å²) in [5.41, 5.74) is 3.31. The van der Waals surface area contributed by atoms with Crippen molar-refractivity contribution < 1.29 is 19.1 Å². The van der Waals surface area contributed by atoms with E-state index in [1.165, 1.54) is 60.8 Å². The summed E-state index contributed by atoms with van der Waals surface area (Å²) in [6.07, 6.45) is 1.24. The van der Waals surface area contributed by atoms with E-state index in [-0.39, 0.29) is 23.5 Å². The zero-order valence-electron chi connectivity index (χ0n) is 17.3. The van der Waals surface area contributed by atoms with Gasteiger partial charge in [0.05, 0.1) is 18.3 Å². The molecule has 9 nitrogen and oxygen atoms in total. The van der Waals surface area contributed by atoms with Crippen LogP contribution in [0.1, 0.15) is 26.3 Å². The van der Waals surface area contributed by atoms with Gasteiger partial charge in [-0.2, -0.15) is 5.10 Å². The highest BCUT2D eigenvalue weighted by atomic mass is 35.5. The third kappa shape index (κ3) is 6.96. The number of hydrazone groups is 1. The molecule has 0 fully saturated rings. The number of carbonyl (C=O) groups excluding carboxylic acids is 3. The number of hydrogen-bond donors (Lipinski definition) is 2. The molecule has 0 atom stereocenters. The van der Waals surface area contributed by atoms with Crippen LogP contribution in [0.25, 0.3) is 0 Å². The Kier molecular flexibility index (Phi) is 8.44. The highest BCUT2D eigenvalue weighted by molar-refractivity contribution is 6.31. The summed E-state index contributed by atoms with van der Waals surface area (Å²) in [5, 5.41) is 9.88. The van der Waals surface area contributed by atoms with Crippen molar-refractivity contribution in [3.05, 3.63) is 98.4 Å². The van der Waals surface area contributed by atoms with E-state index >= 15 is 0 Å². The van der Waals surface area contributed by atoms with Gasteiger partial charge in [0.15, 0.2) is 0 Å². The summed E-state index contributed by atoms with van der Waals surface area (Å²) < 4.78 is 5.38. The van der Waals surface area contributed by atoms with Crippen molar-refractivity contribution in [3.8, 4) is 5.75 Å². The van der Waals surface area contributed by atoms with E-state index < -0.39 is 17.8 Å². The number of nitrogens with zero attached hydrogens (tertiary/aromatic N) is 2. The van der Waals surface area contributed by atoms with Gasteiger partial charge in [0.25, 0.3) is 11.8 Å². The van der Waals surface area contributed by atoms with Gasteiger partial charge in [-0.15, -0.1) is 4.91 Å². The molecule has 3 aromatic rings. The van der Waals surface area contributed by atoms with Gasteiger partial charge in [-0.25, -0.2) is 10.2 Å². The molecular weight excluding hydrogens is 483 g/mol. The average Bonchev–Trinajstić information content (AvgIpc) is 2.84. The molecule has 0 aromatic heterocycles. The predicted molar refractivity (Wildman–Crippen MR) is 128 cm³/mol. The van der Waals surface area contributed by atoms with Gasteiger partial charge in [-0.3, -0.25) is 9.59 Å². The number of nitroso groups, excluding NO2 is 1. The zero-order valence-corrected chi connectivity index (χ0v) is 18.8. The lowest BCUT2D eigenvalue weighted by molar-refractivity contribution is -0.120. The molecule has 3 aromatic carbocycles. The predicted octanol–water partition coefficient (Wildman–Crippen LogP) is 4.49. The molecule has 3 rings (SSSR count). The summed E-state index contributed by atoms with van der Waals surface area (Å²) in [5.74, 6) is -1.57. The number of carbonyl (C=O) groups is 3. The Morgan fingerprint density at radius 3 is 2.21 bits per heavy atom. The van der Waals surface area contributed by atoms with Gasteiger partial charge in [-0.05, 0) is 71.9 Å². The molecule has 2 amide bonds. The van der Waals surface area contributed by atoms with Crippen LogP contribution >= 0.6 is 23.2 Å². The van der Waals surface area contributed by atoms with Crippen molar-refractivity contribution in [1.29, 1.82) is 0 Å². The maximum Gasteiger partial charge on any atom is 0.343 e. The molecule has 0 unspecified atom stereocenters. The van der Waals surface area contributed by atoms with Crippen LogP contribution < -0.4 is 15.5 Å². The third-order valence-corrected chi connectivity index (χ3v) is 4.78. The second kappa shape index (κ2) is 11.7. The van der Waals surface area contributed by atoms with Crippen molar-refractivity contribution in [3.63, 3.8) is 0 Å². The number of esters is 1. The van der Waals surface area contributed by atoms with Crippen molar-refractivity contribution in [2.45, 2.75) is 0 Å². The number of rotatable bonds is 8. The molecule has 0 saturated heterocycles. The Balaban J connectivity index is 1.59. The molecule has 0 saturated carbocycles. The summed E-state index contributed by atoms with van der Waals surface area (Å²) >= 11 is 11.8. The number of ether oxygens (including phenoxy) is 1. The topological polar surface area (TPSA) is 126 Å². The molecule has 0 aliphatic carbocycles. The van der Waals surface area contributed by atoms with Crippen molar-refractivity contribution in [1.82, 2.24) is 10.7 Å². The van der Waals surface area contributed by atoms with Crippen molar-refractivity contribution >= 4 is 52.9 Å². The number of amides is 2. The quantitative estimate of drug-likeness (QED) is 0.155. The van der Waals surface area contributed by atoms with Gasteiger partial charge in [0, 0.05) is 21.2 Å². The molecule has 172 valence electrons. The first kappa shape index (κ1) is 24.6. The minimum Gasteiger partial charge on any atom is -0.422 e. The van der Waals surface area contributed by atoms with E-state index in [9.17, 15) is 19.3 Å². The Labute approximate surface area is 203 Å². The molecule has 2 N–H and O–H groups in total. The van der Waals surface area contributed by atoms with Gasteiger partial charge in [0.2, 0.25) is 0 Å². The Hall–Kier alpha value is -4.08. The molecule has 0 radical (unpaired) electrons. The minimum atomic E-state index is -0.677. The molecule has 0 aliphatic rings. The SMILES string of the molecule is O=Nc1ccc(C(=O)Oc2ccc(Cl)cc2/C=N/NC(=O)CNC(=O)c2ccc(Cl)cc2)cc1. The molecule has 0 spiro atoms. The summed E-state index contributed by atoms with van der Waals surface area (Å²) in [6.45, 7) is -0.318. The smallest absolute Gasteiger partial charge is 0.343 e. The fraction of sp³-hybridized carbons (Fsp3) is 0.0435. The number of benzene rings is 3. The number of hydrogen-bond acceptors (Lipinski definition) is 7. The lowest BCUT2D eigenvalue weighted by Crippen LogP contribution is -2.34. The third-order valence-electron chi connectivity index (χ3n) is 4.29. The fourth-order valence-corrected chi connectivity index (χ4v) is 2.91. The largest absolute Gasteiger partial charge is 0.422 e. The van der Waals surface area contributed by atoms with E-state index in [1.54, 1.807) is 12.1 Å². The van der Waals surface area contributed by atoms with Crippen LogP contribution in [0.4, 0.5) is 5.69 Å². The average molecular weight is 499 g/mol. The van der Waals surface area contributed by atoms with Crippen molar-refractivity contribution in [2.24, 2.45) is 10.3 Å². The molecule has 0 aliphatic heterocycles. The zero-order chi connectivity index (χ0) is 24.5. The molecule has 34 heavy (non-hydrogen) atoms. The molecular formula is C23H16Cl2N4O5. The van der Waals surface area contributed by atoms with Crippen LogP contribution in [0.3, 0.4) is 0 Å². The highest BCUT2D eigenvalue weighted by Crippen LogP contribution is 2.23. The summed E-state index contributed by atoms with van der Waals surface area (Å²) in [7, 11) is 0. The first-order valence-corrected chi connectivity index (χ1v) is 10.4. The maximum atomic E-state index is 12.4. The van der Waals surface area contributed by atoms with Gasteiger partial charge in [0.1, 0.15) is 11.4 Å². The first-order valence-electron chi connectivity index (χ1n) is 9.66. The van der Waals surface area contributed by atoms with Crippen LogP contribution in [0.5, 0.6) is 5.75 Å². The van der Waals surface area contributed by atoms with E-state index in [4.69, 9.17) is 27.9 Å². The first-order chi connectivity index (χ1) is 16.4.